The van der Waals surface area contributed by atoms with Gasteiger partial charge in [-0.25, -0.2) is 0 Å². The van der Waals surface area contributed by atoms with Crippen LogP contribution in [0.5, 0.6) is 0 Å². The van der Waals surface area contributed by atoms with E-state index in [4.69, 9.17) is 0 Å². The van der Waals surface area contributed by atoms with Gasteiger partial charge in [0.1, 0.15) is 0 Å². The fourth-order valence-corrected chi connectivity index (χ4v) is 3.60. The highest BCUT2D eigenvalue weighted by Gasteiger charge is 2.32. The first-order chi connectivity index (χ1) is 11.3. The summed E-state index contributed by atoms with van der Waals surface area (Å²) in [5.74, 6) is 0.527. The molecule has 0 radical (unpaired) electrons. The van der Waals surface area contributed by atoms with Gasteiger partial charge in [0.05, 0.1) is 0 Å². The van der Waals surface area contributed by atoms with Crippen molar-refractivity contribution < 1.29 is 9.90 Å². The van der Waals surface area contributed by atoms with Crippen LogP contribution in [0, 0.1) is 5.92 Å². The van der Waals surface area contributed by atoms with Crippen molar-refractivity contribution in [3.05, 3.63) is 59.2 Å². The second-order valence-corrected chi connectivity index (χ2v) is 6.64. The van der Waals surface area contributed by atoms with Crippen molar-refractivity contribution in [2.75, 3.05) is 6.61 Å². The SMILES string of the molecule is O=C(NC(CCO)C1CC1)c1ccc2c(c1)Cc1ccccc1-2. The molecule has 0 saturated heterocycles. The minimum absolute atomic E-state index is 0.0193. The molecule has 2 aliphatic carbocycles. The Hall–Kier alpha value is -2.13. The molecule has 1 amide bonds. The fraction of sp³-hybridized carbons (Fsp3) is 0.350. The Bertz CT molecular complexity index is 749. The molecule has 0 heterocycles. The Morgan fingerprint density at radius 3 is 2.70 bits per heavy atom. The van der Waals surface area contributed by atoms with E-state index in [9.17, 15) is 9.90 Å². The summed E-state index contributed by atoms with van der Waals surface area (Å²) in [7, 11) is 0. The normalized spacial score (nSPS) is 16.6. The largest absolute Gasteiger partial charge is 0.396 e. The zero-order valence-electron chi connectivity index (χ0n) is 13.1. The van der Waals surface area contributed by atoms with Crippen molar-refractivity contribution in [3.63, 3.8) is 0 Å². The second-order valence-electron chi connectivity index (χ2n) is 6.64. The van der Waals surface area contributed by atoms with E-state index in [0.717, 1.165) is 24.8 Å². The van der Waals surface area contributed by atoms with Crippen molar-refractivity contribution >= 4 is 5.91 Å². The Balaban J connectivity index is 1.54. The molecular weight excluding hydrogens is 286 g/mol. The van der Waals surface area contributed by atoms with E-state index >= 15 is 0 Å². The number of carbonyl (C=O) groups is 1. The maximum Gasteiger partial charge on any atom is 0.251 e. The van der Waals surface area contributed by atoms with Crippen LogP contribution in [0.4, 0.5) is 0 Å². The molecule has 3 nitrogen and oxygen atoms in total. The maximum absolute atomic E-state index is 12.5. The number of nitrogens with one attached hydrogen (secondary N) is 1. The smallest absolute Gasteiger partial charge is 0.251 e. The van der Waals surface area contributed by atoms with Crippen molar-refractivity contribution in [3.8, 4) is 11.1 Å². The number of rotatable bonds is 5. The minimum Gasteiger partial charge on any atom is -0.396 e. The van der Waals surface area contributed by atoms with Crippen LogP contribution in [0.25, 0.3) is 11.1 Å². The molecule has 1 saturated carbocycles. The number of fused-ring (bicyclic) bond motifs is 3. The molecule has 0 aliphatic heterocycles. The van der Waals surface area contributed by atoms with Crippen LogP contribution >= 0.6 is 0 Å². The van der Waals surface area contributed by atoms with E-state index in [2.05, 4.69) is 35.6 Å². The highest BCUT2D eigenvalue weighted by atomic mass is 16.3. The summed E-state index contributed by atoms with van der Waals surface area (Å²) in [6.45, 7) is 0.126. The van der Waals surface area contributed by atoms with Gasteiger partial charge in [0.25, 0.3) is 5.91 Å². The lowest BCUT2D eigenvalue weighted by Gasteiger charge is -2.17. The molecule has 2 N–H and O–H groups in total. The van der Waals surface area contributed by atoms with Gasteiger partial charge in [0.2, 0.25) is 0 Å². The Morgan fingerprint density at radius 2 is 1.91 bits per heavy atom. The second kappa shape index (κ2) is 5.82. The first kappa shape index (κ1) is 14.5. The molecule has 118 valence electrons. The summed E-state index contributed by atoms with van der Waals surface area (Å²) in [5, 5.41) is 12.3. The fourth-order valence-electron chi connectivity index (χ4n) is 3.60. The first-order valence-corrected chi connectivity index (χ1v) is 8.39. The lowest BCUT2D eigenvalue weighted by atomic mass is 10.0. The lowest BCUT2D eigenvalue weighted by molar-refractivity contribution is 0.0924. The van der Waals surface area contributed by atoms with Crippen molar-refractivity contribution in [2.45, 2.75) is 31.7 Å². The molecule has 4 rings (SSSR count). The summed E-state index contributed by atoms with van der Waals surface area (Å²) in [5.41, 5.74) is 5.80. The van der Waals surface area contributed by atoms with Crippen LogP contribution in [0.3, 0.4) is 0 Å². The summed E-state index contributed by atoms with van der Waals surface area (Å²) in [4.78, 5) is 12.5. The Labute approximate surface area is 136 Å². The van der Waals surface area contributed by atoms with Gasteiger partial charge in [-0.15, -0.1) is 0 Å². The third kappa shape index (κ3) is 2.77. The average Bonchev–Trinajstić information content (AvgIpc) is 3.34. The molecule has 0 bridgehead atoms. The van der Waals surface area contributed by atoms with E-state index in [1.807, 2.05) is 12.1 Å². The van der Waals surface area contributed by atoms with E-state index in [1.54, 1.807) is 0 Å². The quantitative estimate of drug-likeness (QED) is 0.761. The van der Waals surface area contributed by atoms with Crippen LogP contribution in [0.2, 0.25) is 0 Å². The number of aliphatic hydroxyl groups excluding tert-OH is 1. The average molecular weight is 307 g/mol. The molecule has 2 aromatic rings. The highest BCUT2D eigenvalue weighted by Crippen LogP contribution is 2.37. The number of hydrogen-bond donors (Lipinski definition) is 2. The third-order valence-corrected chi connectivity index (χ3v) is 5.00. The van der Waals surface area contributed by atoms with Gasteiger partial charge in [-0.2, -0.15) is 0 Å². The molecular formula is C20H21NO2. The summed E-state index contributed by atoms with van der Waals surface area (Å²) < 4.78 is 0. The molecule has 2 aliphatic rings. The van der Waals surface area contributed by atoms with Crippen LogP contribution in [0.1, 0.15) is 40.7 Å². The van der Waals surface area contributed by atoms with E-state index in [0.29, 0.717) is 12.3 Å². The standard InChI is InChI=1S/C20H21NO2/c22-10-9-19(13-5-6-13)21-20(23)15-7-8-18-16(12-15)11-14-3-1-2-4-17(14)18/h1-4,7-8,12-13,19,22H,5-6,9-11H2,(H,21,23). The number of aliphatic hydroxyl groups is 1. The van der Waals surface area contributed by atoms with E-state index < -0.39 is 0 Å². The summed E-state index contributed by atoms with van der Waals surface area (Å²) >= 11 is 0. The predicted molar refractivity (Wildman–Crippen MR) is 90.4 cm³/mol. The summed E-state index contributed by atoms with van der Waals surface area (Å²) in [6, 6.07) is 14.5. The molecule has 0 spiro atoms. The van der Waals surface area contributed by atoms with Crippen LogP contribution in [-0.2, 0) is 6.42 Å². The molecule has 1 unspecified atom stereocenters. The van der Waals surface area contributed by atoms with Crippen LogP contribution in [-0.4, -0.2) is 23.7 Å². The number of carbonyl (C=O) groups excluding carboxylic acids is 1. The monoisotopic (exact) mass is 307 g/mol. The maximum atomic E-state index is 12.5. The van der Waals surface area contributed by atoms with Gasteiger partial charge in [-0.1, -0.05) is 30.3 Å². The van der Waals surface area contributed by atoms with Gasteiger partial charge >= 0.3 is 0 Å². The molecule has 0 aromatic heterocycles. The molecule has 1 fully saturated rings. The van der Waals surface area contributed by atoms with Crippen LogP contribution in [0.15, 0.2) is 42.5 Å². The zero-order chi connectivity index (χ0) is 15.8. The third-order valence-electron chi connectivity index (χ3n) is 5.00. The summed E-state index contributed by atoms with van der Waals surface area (Å²) in [6.07, 6.45) is 3.86. The lowest BCUT2D eigenvalue weighted by Crippen LogP contribution is -2.37. The van der Waals surface area contributed by atoms with Crippen molar-refractivity contribution in [1.82, 2.24) is 5.32 Å². The molecule has 2 aromatic carbocycles. The van der Waals surface area contributed by atoms with E-state index in [-0.39, 0.29) is 18.6 Å². The molecule has 23 heavy (non-hydrogen) atoms. The number of amides is 1. The van der Waals surface area contributed by atoms with Crippen molar-refractivity contribution in [1.29, 1.82) is 0 Å². The zero-order valence-corrected chi connectivity index (χ0v) is 13.1. The van der Waals surface area contributed by atoms with Gasteiger partial charge < -0.3 is 10.4 Å². The van der Waals surface area contributed by atoms with Gasteiger partial charge in [-0.05, 0) is 66.0 Å². The Kier molecular flexibility index (Phi) is 3.66. The number of hydrogen-bond acceptors (Lipinski definition) is 2. The van der Waals surface area contributed by atoms with E-state index in [1.165, 1.54) is 22.3 Å². The Morgan fingerprint density at radius 1 is 1.13 bits per heavy atom. The molecule has 3 heteroatoms. The van der Waals surface area contributed by atoms with Gasteiger partial charge in [0, 0.05) is 18.2 Å². The first-order valence-electron chi connectivity index (χ1n) is 8.39. The van der Waals surface area contributed by atoms with Crippen molar-refractivity contribution in [2.24, 2.45) is 5.92 Å². The van der Waals surface area contributed by atoms with Crippen LogP contribution < -0.4 is 5.32 Å². The van der Waals surface area contributed by atoms with Gasteiger partial charge in [0.15, 0.2) is 0 Å². The van der Waals surface area contributed by atoms with Gasteiger partial charge in [-0.3, -0.25) is 4.79 Å². The highest BCUT2D eigenvalue weighted by molar-refractivity contribution is 5.96. The predicted octanol–water partition coefficient (Wildman–Crippen LogP) is 3.15. The minimum atomic E-state index is -0.0193. The topological polar surface area (TPSA) is 49.3 Å². The number of benzene rings is 2. The molecule has 1 atom stereocenters.